The van der Waals surface area contributed by atoms with E-state index in [2.05, 4.69) is 5.32 Å². The van der Waals surface area contributed by atoms with E-state index in [-0.39, 0.29) is 5.91 Å². The molecule has 0 bridgehead atoms. The number of aliphatic hydroxyl groups excluding tert-OH is 3. The summed E-state index contributed by atoms with van der Waals surface area (Å²) in [6, 6.07) is 6.89. The lowest BCUT2D eigenvalue weighted by Crippen LogP contribution is -2.57. The number of anilines is 1. The van der Waals surface area contributed by atoms with Crippen molar-refractivity contribution in [2.45, 2.75) is 37.6 Å². The molecule has 0 aromatic heterocycles. The van der Waals surface area contributed by atoms with Gasteiger partial charge in [0.2, 0.25) is 5.91 Å². The van der Waals surface area contributed by atoms with Crippen molar-refractivity contribution in [1.82, 2.24) is 0 Å². The van der Waals surface area contributed by atoms with Gasteiger partial charge in [-0.3, -0.25) is 4.79 Å². The first-order chi connectivity index (χ1) is 11.0. The fourth-order valence-electron chi connectivity index (χ4n) is 2.80. The molecule has 3 rings (SSSR count). The Morgan fingerprint density at radius 2 is 2.04 bits per heavy atom. The molecule has 4 N–H and O–H groups in total. The molecule has 1 unspecified atom stereocenters. The second-order valence-corrected chi connectivity index (χ2v) is 5.58. The van der Waals surface area contributed by atoms with E-state index in [4.69, 9.17) is 19.2 Å². The van der Waals surface area contributed by atoms with Crippen LogP contribution in [0.4, 0.5) is 5.69 Å². The molecule has 2 aliphatic rings. The number of amides is 1. The van der Waals surface area contributed by atoms with Gasteiger partial charge in [-0.2, -0.15) is 0 Å². The van der Waals surface area contributed by atoms with Crippen LogP contribution in [0.1, 0.15) is 6.92 Å². The first kappa shape index (κ1) is 16.4. The summed E-state index contributed by atoms with van der Waals surface area (Å²) in [5, 5.41) is 31.9. The van der Waals surface area contributed by atoms with Crippen molar-refractivity contribution >= 4 is 24.2 Å². The Kier molecular flexibility index (Phi) is 4.67. The largest absolute Gasteiger partial charge is 0.494 e. The minimum absolute atomic E-state index is 0.200. The molecule has 0 aliphatic carbocycles. The second kappa shape index (κ2) is 6.56. The summed E-state index contributed by atoms with van der Waals surface area (Å²) >= 11 is 0. The molecule has 124 valence electrons. The zero-order chi connectivity index (χ0) is 16.6. The second-order valence-electron chi connectivity index (χ2n) is 5.58. The van der Waals surface area contributed by atoms with E-state index in [1.54, 1.807) is 24.3 Å². The van der Waals surface area contributed by atoms with Crippen molar-refractivity contribution in [2.24, 2.45) is 0 Å². The molecule has 1 aromatic rings. The summed E-state index contributed by atoms with van der Waals surface area (Å²) in [7, 11) is -0.816. The average Bonchev–Trinajstić information content (AvgIpc) is 2.96. The van der Waals surface area contributed by atoms with Crippen molar-refractivity contribution in [3.63, 3.8) is 0 Å². The van der Waals surface area contributed by atoms with Crippen molar-refractivity contribution in [2.75, 3.05) is 11.9 Å². The molecule has 0 spiro atoms. The Morgan fingerprint density at radius 1 is 1.30 bits per heavy atom. The van der Waals surface area contributed by atoms with Crippen molar-refractivity contribution < 1.29 is 34.2 Å². The maximum Gasteiger partial charge on any atom is 0.494 e. The quantitative estimate of drug-likeness (QED) is 0.485. The molecule has 0 radical (unpaired) electrons. The molecule has 1 amide bonds. The summed E-state index contributed by atoms with van der Waals surface area (Å²) in [6.45, 7) is 0.969. The van der Waals surface area contributed by atoms with E-state index in [1.165, 1.54) is 6.92 Å². The van der Waals surface area contributed by atoms with Gasteiger partial charge in [0.25, 0.3) is 0 Å². The smallest absolute Gasteiger partial charge is 0.399 e. The predicted molar refractivity (Wildman–Crippen MR) is 79.9 cm³/mol. The maximum atomic E-state index is 11.1. The standard InChI is InChI=1S/C14H18BNO7/c1-7(18)16-9-4-2-3-8(5-9)15-22-12-11(19)10(6-17)21-14(20)13(12)23-15/h2-5,10-14,17,19-20H,6H2,1H3,(H,16,18)/t10-,11?,12+,13-,14+/m1/s1. The van der Waals surface area contributed by atoms with Crippen molar-refractivity contribution in [1.29, 1.82) is 0 Å². The minimum Gasteiger partial charge on any atom is -0.399 e. The number of hydrogen-bond acceptors (Lipinski definition) is 7. The summed E-state index contributed by atoms with van der Waals surface area (Å²) in [5.74, 6) is -0.200. The van der Waals surface area contributed by atoms with E-state index in [1.807, 2.05) is 0 Å². The number of hydrogen-bond donors (Lipinski definition) is 4. The molecule has 2 fully saturated rings. The first-order valence-electron chi connectivity index (χ1n) is 7.30. The van der Waals surface area contributed by atoms with Crippen LogP contribution in [0, 0.1) is 0 Å². The predicted octanol–water partition coefficient (Wildman–Crippen LogP) is -1.81. The number of aliphatic hydroxyl groups is 3. The van der Waals surface area contributed by atoms with Crippen LogP contribution in [0.15, 0.2) is 24.3 Å². The molecule has 9 heteroatoms. The molecule has 5 atom stereocenters. The van der Waals surface area contributed by atoms with Gasteiger partial charge in [0, 0.05) is 12.6 Å². The third-order valence-corrected chi connectivity index (χ3v) is 3.86. The molecular weight excluding hydrogens is 305 g/mol. The maximum absolute atomic E-state index is 11.1. The first-order valence-corrected chi connectivity index (χ1v) is 7.30. The van der Waals surface area contributed by atoms with Gasteiger partial charge in [-0.1, -0.05) is 12.1 Å². The van der Waals surface area contributed by atoms with Gasteiger partial charge in [0.1, 0.15) is 24.4 Å². The molecular formula is C14H18BNO7. The third-order valence-electron chi connectivity index (χ3n) is 3.86. The number of nitrogens with one attached hydrogen (secondary N) is 1. The van der Waals surface area contributed by atoms with Crippen LogP contribution in [-0.2, 0) is 18.8 Å². The Labute approximate surface area is 133 Å². The van der Waals surface area contributed by atoms with Gasteiger partial charge in [-0.05, 0) is 17.6 Å². The number of benzene rings is 1. The molecule has 2 heterocycles. The molecule has 23 heavy (non-hydrogen) atoms. The average molecular weight is 323 g/mol. The number of fused-ring (bicyclic) bond motifs is 1. The minimum atomic E-state index is -1.30. The zero-order valence-electron chi connectivity index (χ0n) is 12.5. The van der Waals surface area contributed by atoms with Gasteiger partial charge in [0.05, 0.1) is 6.61 Å². The highest BCUT2D eigenvalue weighted by Gasteiger charge is 2.53. The molecule has 0 saturated carbocycles. The van der Waals surface area contributed by atoms with Crippen molar-refractivity contribution in [3.8, 4) is 0 Å². The monoisotopic (exact) mass is 323 g/mol. The van der Waals surface area contributed by atoms with Gasteiger partial charge in [0.15, 0.2) is 6.29 Å². The molecule has 1 aromatic carbocycles. The number of carbonyl (C=O) groups is 1. The highest BCUT2D eigenvalue weighted by atomic mass is 16.7. The Morgan fingerprint density at radius 3 is 2.74 bits per heavy atom. The van der Waals surface area contributed by atoms with Crippen LogP contribution in [0.3, 0.4) is 0 Å². The SMILES string of the molecule is CC(=O)Nc1cccc(B2O[C@H]3[C@@H](O)O[C@H](CO)C(O)[C@@H]3O2)c1. The lowest BCUT2D eigenvalue weighted by molar-refractivity contribution is -0.261. The Bertz CT molecular complexity index is 586. The van der Waals surface area contributed by atoms with Crippen LogP contribution in [0.2, 0.25) is 0 Å². The van der Waals surface area contributed by atoms with Crippen LogP contribution in [-0.4, -0.2) is 65.7 Å². The zero-order valence-corrected chi connectivity index (χ0v) is 12.5. The number of rotatable bonds is 3. The highest BCUT2D eigenvalue weighted by molar-refractivity contribution is 6.62. The molecule has 2 aliphatic heterocycles. The summed E-state index contributed by atoms with van der Waals surface area (Å²) in [4.78, 5) is 11.1. The highest BCUT2D eigenvalue weighted by Crippen LogP contribution is 2.30. The fourth-order valence-corrected chi connectivity index (χ4v) is 2.80. The van der Waals surface area contributed by atoms with Gasteiger partial charge < -0.3 is 34.7 Å². The van der Waals surface area contributed by atoms with E-state index in [0.717, 1.165) is 0 Å². The van der Waals surface area contributed by atoms with E-state index >= 15 is 0 Å². The van der Waals surface area contributed by atoms with Crippen molar-refractivity contribution in [3.05, 3.63) is 24.3 Å². The van der Waals surface area contributed by atoms with E-state index in [9.17, 15) is 15.0 Å². The molecule has 8 nitrogen and oxygen atoms in total. The van der Waals surface area contributed by atoms with Crippen LogP contribution >= 0.6 is 0 Å². The summed E-state index contributed by atoms with van der Waals surface area (Å²) in [6.07, 6.45) is -5.02. The number of ether oxygens (including phenoxy) is 1. The van der Waals surface area contributed by atoms with Crippen LogP contribution < -0.4 is 10.8 Å². The normalized spacial score (nSPS) is 33.4. The van der Waals surface area contributed by atoms with Crippen LogP contribution in [0.25, 0.3) is 0 Å². The van der Waals surface area contributed by atoms with E-state index < -0.39 is 44.4 Å². The summed E-state index contributed by atoms with van der Waals surface area (Å²) < 4.78 is 16.4. The Hall–Kier alpha value is -1.49. The lowest BCUT2D eigenvalue weighted by atomic mass is 9.79. The fraction of sp³-hybridized carbons (Fsp3) is 0.500. The summed E-state index contributed by atoms with van der Waals surface area (Å²) in [5.41, 5.74) is 1.22. The van der Waals surface area contributed by atoms with Crippen LogP contribution in [0.5, 0.6) is 0 Å². The third kappa shape index (κ3) is 3.25. The number of carbonyl (C=O) groups excluding carboxylic acids is 1. The van der Waals surface area contributed by atoms with Gasteiger partial charge >= 0.3 is 7.12 Å². The van der Waals surface area contributed by atoms with Gasteiger partial charge in [-0.15, -0.1) is 0 Å². The van der Waals surface area contributed by atoms with E-state index in [0.29, 0.717) is 11.2 Å². The van der Waals surface area contributed by atoms with Gasteiger partial charge in [-0.25, -0.2) is 0 Å². The topological polar surface area (TPSA) is 117 Å². The lowest BCUT2D eigenvalue weighted by Gasteiger charge is -2.37. The Balaban J connectivity index is 1.78. The molecule has 2 saturated heterocycles.